The molecule has 126 valence electrons. The fourth-order valence-corrected chi connectivity index (χ4v) is 3.14. The highest BCUT2D eigenvalue weighted by Crippen LogP contribution is 2.27. The monoisotopic (exact) mass is 321 g/mol. The third-order valence-electron chi connectivity index (χ3n) is 4.51. The van der Waals surface area contributed by atoms with Gasteiger partial charge < -0.3 is 9.30 Å². The first-order chi connectivity index (χ1) is 11.9. The van der Waals surface area contributed by atoms with Crippen molar-refractivity contribution in [2.75, 3.05) is 0 Å². The minimum atomic E-state index is 0.613. The highest BCUT2D eigenvalue weighted by atomic mass is 16.5. The van der Waals surface area contributed by atoms with Crippen molar-refractivity contribution in [3.8, 4) is 5.75 Å². The summed E-state index contributed by atoms with van der Waals surface area (Å²) in [6, 6.07) is 18.9. The second-order valence-electron chi connectivity index (χ2n) is 6.39. The summed E-state index contributed by atoms with van der Waals surface area (Å²) in [4.78, 5) is 0. The second kappa shape index (κ2) is 8.58. The Kier molecular flexibility index (Phi) is 5.95. The standard InChI is InChI=1S/C22H27NO/c1-2-3-4-5-9-16-23-17-15-20-21(23)13-10-14-22(20)24-18-19-11-7-6-8-12-19/h6-8,10-15,17H,2-5,9,16,18H2,1H3. The number of hydrogen-bond donors (Lipinski definition) is 0. The predicted octanol–water partition coefficient (Wildman–Crippen LogP) is 6.19. The van der Waals surface area contributed by atoms with E-state index in [9.17, 15) is 0 Å². The van der Waals surface area contributed by atoms with E-state index in [0.717, 1.165) is 12.3 Å². The van der Waals surface area contributed by atoms with Crippen LogP contribution in [0.5, 0.6) is 5.75 Å². The van der Waals surface area contributed by atoms with E-state index in [1.807, 2.05) is 18.2 Å². The zero-order valence-corrected chi connectivity index (χ0v) is 14.6. The van der Waals surface area contributed by atoms with E-state index in [1.54, 1.807) is 0 Å². The van der Waals surface area contributed by atoms with E-state index < -0.39 is 0 Å². The Morgan fingerprint density at radius 1 is 0.833 bits per heavy atom. The third-order valence-corrected chi connectivity index (χ3v) is 4.51. The molecule has 3 rings (SSSR count). The Morgan fingerprint density at radius 2 is 1.67 bits per heavy atom. The molecule has 0 amide bonds. The fraction of sp³-hybridized carbons (Fsp3) is 0.364. The number of rotatable bonds is 9. The van der Waals surface area contributed by atoms with Gasteiger partial charge in [-0.25, -0.2) is 0 Å². The summed E-state index contributed by atoms with van der Waals surface area (Å²) in [5.41, 5.74) is 2.47. The fourth-order valence-electron chi connectivity index (χ4n) is 3.14. The summed E-state index contributed by atoms with van der Waals surface area (Å²) in [7, 11) is 0. The molecule has 24 heavy (non-hydrogen) atoms. The summed E-state index contributed by atoms with van der Waals surface area (Å²) in [6.07, 6.45) is 8.76. The van der Waals surface area contributed by atoms with Crippen LogP contribution in [-0.4, -0.2) is 4.57 Å². The number of unbranched alkanes of at least 4 members (excludes halogenated alkanes) is 4. The quantitative estimate of drug-likeness (QED) is 0.428. The highest BCUT2D eigenvalue weighted by Gasteiger charge is 2.06. The lowest BCUT2D eigenvalue weighted by atomic mass is 10.1. The lowest BCUT2D eigenvalue weighted by molar-refractivity contribution is 0.310. The SMILES string of the molecule is CCCCCCCn1ccc2c(OCc3ccccc3)cccc21. The molecule has 0 saturated carbocycles. The van der Waals surface area contributed by atoms with Gasteiger partial charge in [0, 0.05) is 18.1 Å². The predicted molar refractivity (Wildman–Crippen MR) is 101 cm³/mol. The van der Waals surface area contributed by atoms with Crippen LogP contribution in [0.15, 0.2) is 60.8 Å². The number of aromatic nitrogens is 1. The molecule has 2 heteroatoms. The number of ether oxygens (including phenoxy) is 1. The normalized spacial score (nSPS) is 11.0. The molecule has 0 saturated heterocycles. The number of fused-ring (bicyclic) bond motifs is 1. The minimum Gasteiger partial charge on any atom is -0.488 e. The first-order valence-electron chi connectivity index (χ1n) is 9.13. The molecule has 0 radical (unpaired) electrons. The summed E-state index contributed by atoms with van der Waals surface area (Å²) in [5.74, 6) is 0.973. The molecule has 0 unspecified atom stereocenters. The molecule has 0 spiro atoms. The van der Waals surface area contributed by atoms with E-state index in [1.165, 1.54) is 48.6 Å². The smallest absolute Gasteiger partial charge is 0.129 e. The van der Waals surface area contributed by atoms with E-state index in [0.29, 0.717) is 6.61 Å². The maximum absolute atomic E-state index is 6.06. The van der Waals surface area contributed by atoms with Crippen LogP contribution < -0.4 is 4.74 Å². The molecule has 3 aromatic rings. The largest absolute Gasteiger partial charge is 0.488 e. The zero-order valence-electron chi connectivity index (χ0n) is 14.6. The van der Waals surface area contributed by atoms with Crippen LogP contribution in [0.2, 0.25) is 0 Å². The van der Waals surface area contributed by atoms with Crippen LogP contribution in [0.25, 0.3) is 10.9 Å². The van der Waals surface area contributed by atoms with Gasteiger partial charge in [-0.05, 0) is 30.2 Å². The summed E-state index contributed by atoms with van der Waals surface area (Å²) in [5, 5.41) is 1.21. The zero-order chi connectivity index (χ0) is 16.6. The Morgan fingerprint density at radius 3 is 2.50 bits per heavy atom. The van der Waals surface area contributed by atoms with Crippen LogP contribution in [0.1, 0.15) is 44.6 Å². The molecule has 0 aliphatic carbocycles. The summed E-state index contributed by atoms with van der Waals surface area (Å²) in [6.45, 7) is 3.97. The van der Waals surface area contributed by atoms with Crippen molar-refractivity contribution in [1.82, 2.24) is 4.57 Å². The average Bonchev–Trinajstić information content (AvgIpc) is 3.04. The topological polar surface area (TPSA) is 14.2 Å². The average molecular weight is 321 g/mol. The number of benzene rings is 2. The van der Waals surface area contributed by atoms with Gasteiger partial charge >= 0.3 is 0 Å². The van der Waals surface area contributed by atoms with Crippen molar-refractivity contribution in [1.29, 1.82) is 0 Å². The van der Waals surface area contributed by atoms with Gasteiger partial charge in [0.15, 0.2) is 0 Å². The molecule has 1 heterocycles. The van der Waals surface area contributed by atoms with Crippen LogP contribution in [0.3, 0.4) is 0 Å². The highest BCUT2D eigenvalue weighted by molar-refractivity contribution is 5.86. The Labute approximate surface area is 145 Å². The molecule has 0 atom stereocenters. The number of aryl methyl sites for hydroxylation is 1. The molecule has 2 nitrogen and oxygen atoms in total. The Hall–Kier alpha value is -2.22. The van der Waals surface area contributed by atoms with Crippen molar-refractivity contribution in [3.05, 3.63) is 66.4 Å². The van der Waals surface area contributed by atoms with Gasteiger partial charge in [0.1, 0.15) is 12.4 Å². The first-order valence-corrected chi connectivity index (χ1v) is 9.13. The van der Waals surface area contributed by atoms with E-state index in [4.69, 9.17) is 4.74 Å². The lowest BCUT2D eigenvalue weighted by Gasteiger charge is -2.09. The van der Waals surface area contributed by atoms with Crippen molar-refractivity contribution < 1.29 is 4.74 Å². The third kappa shape index (κ3) is 4.19. The van der Waals surface area contributed by atoms with Crippen molar-refractivity contribution >= 4 is 10.9 Å². The molecule has 0 N–H and O–H groups in total. The molecule has 0 bridgehead atoms. The molecular weight excluding hydrogens is 294 g/mol. The first kappa shape index (κ1) is 16.6. The molecule has 1 aromatic heterocycles. The molecule has 2 aromatic carbocycles. The van der Waals surface area contributed by atoms with Gasteiger partial charge in [0.25, 0.3) is 0 Å². The van der Waals surface area contributed by atoms with Gasteiger partial charge in [0.2, 0.25) is 0 Å². The summed E-state index contributed by atoms with van der Waals surface area (Å²) >= 11 is 0. The molecule has 0 aliphatic heterocycles. The number of nitrogens with zero attached hydrogens (tertiary/aromatic N) is 1. The van der Waals surface area contributed by atoms with Gasteiger partial charge in [-0.15, -0.1) is 0 Å². The van der Waals surface area contributed by atoms with Crippen molar-refractivity contribution in [2.24, 2.45) is 0 Å². The second-order valence-corrected chi connectivity index (χ2v) is 6.39. The maximum Gasteiger partial charge on any atom is 0.129 e. The van der Waals surface area contributed by atoms with Crippen molar-refractivity contribution in [3.63, 3.8) is 0 Å². The van der Waals surface area contributed by atoms with Gasteiger partial charge in [-0.3, -0.25) is 0 Å². The van der Waals surface area contributed by atoms with Crippen LogP contribution in [0.4, 0.5) is 0 Å². The van der Waals surface area contributed by atoms with E-state index in [2.05, 4.69) is 54.1 Å². The molecule has 0 fully saturated rings. The van der Waals surface area contributed by atoms with Crippen molar-refractivity contribution in [2.45, 2.75) is 52.2 Å². The molecule has 0 aliphatic rings. The van der Waals surface area contributed by atoms with E-state index >= 15 is 0 Å². The Bertz CT molecular complexity index is 745. The van der Waals surface area contributed by atoms with Crippen LogP contribution in [0, 0.1) is 0 Å². The molecular formula is C22H27NO. The number of hydrogen-bond acceptors (Lipinski definition) is 1. The van der Waals surface area contributed by atoms with Gasteiger partial charge in [0.05, 0.1) is 5.52 Å². The van der Waals surface area contributed by atoms with E-state index in [-0.39, 0.29) is 0 Å². The van der Waals surface area contributed by atoms with Gasteiger partial charge in [-0.2, -0.15) is 0 Å². The van der Waals surface area contributed by atoms with Crippen LogP contribution in [-0.2, 0) is 13.2 Å². The maximum atomic E-state index is 6.06. The summed E-state index contributed by atoms with van der Waals surface area (Å²) < 4.78 is 8.42. The van der Waals surface area contributed by atoms with Crippen LogP contribution >= 0.6 is 0 Å². The Balaban J connectivity index is 1.65. The van der Waals surface area contributed by atoms with Gasteiger partial charge in [-0.1, -0.05) is 69.0 Å². The lowest BCUT2D eigenvalue weighted by Crippen LogP contribution is -1.97. The minimum absolute atomic E-state index is 0.613.